The molecule has 4 rings (SSSR count). The maximum Gasteiger partial charge on any atom is 0.316 e. The van der Waals surface area contributed by atoms with Crippen LogP contribution in [0, 0.1) is 0 Å². The summed E-state index contributed by atoms with van der Waals surface area (Å²) in [4.78, 5) is 28.1. The number of carbonyl (C=O) groups excluding carboxylic acids is 2. The number of morpholine rings is 1. The predicted molar refractivity (Wildman–Crippen MR) is 119 cm³/mol. The molecule has 0 unspecified atom stereocenters. The van der Waals surface area contributed by atoms with Gasteiger partial charge in [0.05, 0.1) is 18.9 Å². The van der Waals surface area contributed by atoms with Gasteiger partial charge in [0.15, 0.2) is 0 Å². The van der Waals surface area contributed by atoms with Gasteiger partial charge in [-0.05, 0) is 43.1 Å². The molecule has 0 spiro atoms. The Morgan fingerprint density at radius 1 is 1.23 bits per heavy atom. The number of thiophene rings is 1. The van der Waals surface area contributed by atoms with E-state index in [1.807, 2.05) is 18.2 Å². The first-order chi connectivity index (χ1) is 14.6. The number of anilines is 2. The normalized spacial score (nSPS) is 19.3. The minimum atomic E-state index is -0.685. The van der Waals surface area contributed by atoms with Crippen molar-refractivity contribution in [2.45, 2.75) is 18.9 Å². The van der Waals surface area contributed by atoms with Gasteiger partial charge in [0.1, 0.15) is 4.88 Å². The van der Waals surface area contributed by atoms with E-state index in [9.17, 15) is 9.59 Å². The van der Waals surface area contributed by atoms with Crippen molar-refractivity contribution in [1.82, 2.24) is 10.6 Å². The zero-order valence-corrected chi connectivity index (χ0v) is 17.6. The van der Waals surface area contributed by atoms with Crippen LogP contribution in [0.25, 0.3) is 10.4 Å². The fourth-order valence-electron chi connectivity index (χ4n) is 3.83. The Bertz CT molecular complexity index is 904. The molecule has 2 saturated heterocycles. The lowest BCUT2D eigenvalue weighted by Gasteiger charge is -2.29. The van der Waals surface area contributed by atoms with Crippen molar-refractivity contribution in [3.8, 4) is 10.4 Å². The number of nitrogens with zero attached hydrogens (tertiary/aromatic N) is 1. The summed E-state index contributed by atoms with van der Waals surface area (Å²) in [6.45, 7) is 4.87. The molecule has 3 amide bonds. The second-order valence-electron chi connectivity index (χ2n) is 7.51. The van der Waals surface area contributed by atoms with E-state index < -0.39 is 6.03 Å². The highest BCUT2D eigenvalue weighted by Gasteiger charge is 2.22. The van der Waals surface area contributed by atoms with E-state index in [2.05, 4.69) is 33.0 Å². The molecule has 0 bridgehead atoms. The molecule has 0 aliphatic carbocycles. The number of rotatable bonds is 5. The minimum absolute atomic E-state index is 0.0860. The topological polar surface area (TPSA) is 109 Å². The summed E-state index contributed by atoms with van der Waals surface area (Å²) in [5.41, 5.74) is 7.90. The molecule has 2 fully saturated rings. The van der Waals surface area contributed by atoms with Crippen molar-refractivity contribution in [1.29, 1.82) is 0 Å². The van der Waals surface area contributed by atoms with Crippen molar-refractivity contribution in [3.05, 3.63) is 35.2 Å². The van der Waals surface area contributed by atoms with Crippen LogP contribution in [0.15, 0.2) is 30.3 Å². The zero-order valence-electron chi connectivity index (χ0n) is 16.8. The molecule has 160 valence electrons. The molecule has 30 heavy (non-hydrogen) atoms. The molecule has 2 aromatic rings. The third-order valence-corrected chi connectivity index (χ3v) is 6.52. The lowest BCUT2D eigenvalue weighted by Crippen LogP contribution is -2.45. The van der Waals surface area contributed by atoms with Crippen molar-refractivity contribution < 1.29 is 14.3 Å². The lowest BCUT2D eigenvalue weighted by molar-refractivity contribution is 0.0935. The summed E-state index contributed by atoms with van der Waals surface area (Å²) < 4.78 is 5.44. The fraction of sp³-hybridized carbons (Fsp3) is 0.429. The van der Waals surface area contributed by atoms with E-state index in [1.165, 1.54) is 11.3 Å². The molecule has 2 aliphatic heterocycles. The van der Waals surface area contributed by atoms with Gasteiger partial charge in [-0.1, -0.05) is 12.1 Å². The Kier molecular flexibility index (Phi) is 6.51. The summed E-state index contributed by atoms with van der Waals surface area (Å²) >= 11 is 1.36. The van der Waals surface area contributed by atoms with Gasteiger partial charge in [-0.3, -0.25) is 4.79 Å². The largest absolute Gasteiger partial charge is 0.378 e. The van der Waals surface area contributed by atoms with Gasteiger partial charge >= 0.3 is 6.03 Å². The van der Waals surface area contributed by atoms with E-state index in [1.54, 1.807) is 0 Å². The fourth-order valence-corrected chi connectivity index (χ4v) is 4.84. The number of hydrogen-bond donors (Lipinski definition) is 4. The first-order valence-corrected chi connectivity index (χ1v) is 11.1. The Labute approximate surface area is 179 Å². The molecule has 1 aromatic carbocycles. The molecular formula is C21H27N5O3S. The highest BCUT2D eigenvalue weighted by atomic mass is 32.1. The second-order valence-corrected chi connectivity index (χ2v) is 8.56. The van der Waals surface area contributed by atoms with E-state index in [4.69, 9.17) is 10.5 Å². The SMILES string of the molecule is NC(=O)Nc1cc(-c2cccc(N3CCOCC3)c2)sc1C(=O)N[C@H]1CCCNC1. The van der Waals surface area contributed by atoms with Gasteiger partial charge in [0.25, 0.3) is 5.91 Å². The molecule has 1 atom stereocenters. The van der Waals surface area contributed by atoms with Crippen molar-refractivity contribution >= 4 is 34.6 Å². The van der Waals surface area contributed by atoms with Gasteiger partial charge < -0.3 is 31.3 Å². The molecule has 5 N–H and O–H groups in total. The molecule has 9 heteroatoms. The van der Waals surface area contributed by atoms with Crippen LogP contribution in [0.1, 0.15) is 22.5 Å². The standard InChI is InChI=1S/C21H27N5O3S/c22-21(28)25-17-12-18(30-19(17)20(27)24-15-4-2-6-23-13-15)14-3-1-5-16(11-14)26-7-9-29-10-8-26/h1,3,5,11-12,15,23H,2,4,6-10,13H2,(H,24,27)(H3,22,25,28)/t15-/m0/s1. The van der Waals surface area contributed by atoms with Crippen LogP contribution in [-0.2, 0) is 4.74 Å². The molecule has 0 radical (unpaired) electrons. The van der Waals surface area contributed by atoms with Gasteiger partial charge in [0.2, 0.25) is 0 Å². The van der Waals surface area contributed by atoms with Crippen LogP contribution in [0.3, 0.4) is 0 Å². The van der Waals surface area contributed by atoms with E-state index in [-0.39, 0.29) is 11.9 Å². The second kappa shape index (κ2) is 9.46. The third-order valence-electron chi connectivity index (χ3n) is 5.34. The Hall–Kier alpha value is -2.62. The monoisotopic (exact) mass is 429 g/mol. The number of piperidine rings is 1. The van der Waals surface area contributed by atoms with Crippen LogP contribution in [-0.4, -0.2) is 57.4 Å². The van der Waals surface area contributed by atoms with Crippen molar-refractivity contribution in [2.75, 3.05) is 49.6 Å². The van der Waals surface area contributed by atoms with E-state index >= 15 is 0 Å². The molecule has 3 heterocycles. The number of benzene rings is 1. The van der Waals surface area contributed by atoms with Crippen LogP contribution < -0.4 is 26.6 Å². The van der Waals surface area contributed by atoms with Gasteiger partial charge in [-0.25, -0.2) is 4.79 Å². The number of ether oxygens (including phenoxy) is 1. The Morgan fingerprint density at radius 3 is 2.80 bits per heavy atom. The molecule has 2 aliphatic rings. The van der Waals surface area contributed by atoms with E-state index in [0.29, 0.717) is 10.6 Å². The van der Waals surface area contributed by atoms with Gasteiger partial charge in [-0.15, -0.1) is 11.3 Å². The lowest BCUT2D eigenvalue weighted by atomic mass is 10.1. The third kappa shape index (κ3) is 4.92. The maximum absolute atomic E-state index is 12.9. The summed E-state index contributed by atoms with van der Waals surface area (Å²) in [5.74, 6) is -0.187. The maximum atomic E-state index is 12.9. The average Bonchev–Trinajstić information content (AvgIpc) is 3.18. The minimum Gasteiger partial charge on any atom is -0.378 e. The Morgan fingerprint density at radius 2 is 2.07 bits per heavy atom. The number of nitrogens with two attached hydrogens (primary N) is 1. The summed E-state index contributed by atoms with van der Waals surface area (Å²) in [6, 6.07) is 9.43. The molecule has 0 saturated carbocycles. The quantitative estimate of drug-likeness (QED) is 0.583. The predicted octanol–water partition coefficient (Wildman–Crippen LogP) is 2.22. The summed E-state index contributed by atoms with van der Waals surface area (Å²) in [7, 11) is 0. The van der Waals surface area contributed by atoms with Gasteiger partial charge in [0, 0.05) is 36.2 Å². The number of nitrogens with one attached hydrogen (secondary N) is 3. The van der Waals surface area contributed by atoms with E-state index in [0.717, 1.165) is 68.4 Å². The average molecular weight is 430 g/mol. The molecule has 8 nitrogen and oxygen atoms in total. The first-order valence-electron chi connectivity index (χ1n) is 10.2. The zero-order chi connectivity index (χ0) is 20.9. The van der Waals surface area contributed by atoms with Crippen LogP contribution in [0.2, 0.25) is 0 Å². The van der Waals surface area contributed by atoms with Crippen LogP contribution in [0.5, 0.6) is 0 Å². The highest BCUT2D eigenvalue weighted by Crippen LogP contribution is 2.36. The smallest absolute Gasteiger partial charge is 0.316 e. The molecule has 1 aromatic heterocycles. The summed E-state index contributed by atoms with van der Waals surface area (Å²) in [6.07, 6.45) is 1.97. The number of amides is 3. The van der Waals surface area contributed by atoms with Crippen LogP contribution in [0.4, 0.5) is 16.2 Å². The number of carbonyl (C=O) groups is 2. The highest BCUT2D eigenvalue weighted by molar-refractivity contribution is 7.18. The number of hydrogen-bond acceptors (Lipinski definition) is 6. The molecular weight excluding hydrogens is 402 g/mol. The van der Waals surface area contributed by atoms with Crippen molar-refractivity contribution in [3.63, 3.8) is 0 Å². The van der Waals surface area contributed by atoms with Crippen molar-refractivity contribution in [2.24, 2.45) is 5.73 Å². The van der Waals surface area contributed by atoms with Crippen LogP contribution >= 0.6 is 11.3 Å². The van der Waals surface area contributed by atoms with Gasteiger partial charge in [-0.2, -0.15) is 0 Å². The first kappa shape index (κ1) is 20.6. The number of urea groups is 1. The number of primary amides is 1. The Balaban J connectivity index is 1.59. The summed E-state index contributed by atoms with van der Waals surface area (Å²) in [5, 5.41) is 8.97.